The van der Waals surface area contributed by atoms with Crippen molar-refractivity contribution < 1.29 is 80.2 Å². The lowest BCUT2D eigenvalue weighted by Gasteiger charge is -2.21. The van der Waals surface area contributed by atoms with Crippen molar-refractivity contribution in [3.05, 3.63) is 85.1 Å². The number of carbonyl (C=O) groups is 4. The number of carbonyl (C=O) groups excluding carboxylic acids is 4. The number of phosphoric ester groups is 2. The second-order valence-corrected chi connectivity index (χ2v) is 29.5. The second-order valence-electron chi connectivity index (χ2n) is 26.6. The van der Waals surface area contributed by atoms with Crippen molar-refractivity contribution in [2.45, 2.75) is 367 Å². The van der Waals surface area contributed by atoms with E-state index in [9.17, 15) is 43.2 Å². The number of aliphatic hydroxyl groups excluding tert-OH is 1. The highest BCUT2D eigenvalue weighted by molar-refractivity contribution is 7.47. The van der Waals surface area contributed by atoms with Gasteiger partial charge in [-0.3, -0.25) is 37.3 Å². The summed E-state index contributed by atoms with van der Waals surface area (Å²) in [7, 11) is -9.97. The van der Waals surface area contributed by atoms with Gasteiger partial charge in [-0.15, -0.1) is 0 Å². The zero-order valence-corrected chi connectivity index (χ0v) is 65.2. The van der Waals surface area contributed by atoms with Gasteiger partial charge in [0.15, 0.2) is 12.2 Å². The summed E-state index contributed by atoms with van der Waals surface area (Å²) in [6, 6.07) is 0. The van der Waals surface area contributed by atoms with Gasteiger partial charge in [0.25, 0.3) is 0 Å². The minimum absolute atomic E-state index is 0.0746. The maximum atomic E-state index is 13.1. The minimum Gasteiger partial charge on any atom is -0.462 e. The number of hydrogen-bond donors (Lipinski definition) is 3. The average Bonchev–Trinajstić information content (AvgIpc) is 1.06. The van der Waals surface area contributed by atoms with Gasteiger partial charge in [0.1, 0.15) is 19.3 Å². The Morgan fingerprint density at radius 3 is 0.830 bits per heavy atom. The number of hydrogen-bond acceptors (Lipinski definition) is 15. The predicted molar refractivity (Wildman–Crippen MR) is 409 cm³/mol. The van der Waals surface area contributed by atoms with Gasteiger partial charge in [0.2, 0.25) is 0 Å². The SMILES string of the molecule is CCCCC/C=C\C/C=C\C/C=C\C/C=C\CCCC(=O)OC[C@H](COP(=O)(O)OC[C@@H](O)COP(=O)(O)OC[C@@H](COC(=O)CCCCCCC/C=C\CCCCCCCC)OC(=O)CCCCCCC/C=C\CCCCCC)OC(=O)CCCCCCC/C=C\CCCCCCCC. The van der Waals surface area contributed by atoms with Crippen molar-refractivity contribution in [2.75, 3.05) is 39.6 Å². The van der Waals surface area contributed by atoms with Crippen LogP contribution in [0, 0.1) is 0 Å². The number of unbranched alkanes of at least 4 members (excludes halogenated alkanes) is 35. The first-order chi connectivity index (χ1) is 48.7. The maximum absolute atomic E-state index is 13.1. The molecule has 0 spiro atoms. The molecule has 0 saturated heterocycles. The van der Waals surface area contributed by atoms with Crippen LogP contribution in [0.4, 0.5) is 0 Å². The first-order valence-electron chi connectivity index (χ1n) is 39.8. The van der Waals surface area contributed by atoms with Crippen molar-refractivity contribution in [3.8, 4) is 0 Å². The van der Waals surface area contributed by atoms with E-state index < -0.39 is 97.5 Å². The zero-order valence-electron chi connectivity index (χ0n) is 63.4. The second kappa shape index (κ2) is 73.5. The number of rotatable bonds is 75. The summed E-state index contributed by atoms with van der Waals surface area (Å²) in [5.74, 6) is -2.25. The van der Waals surface area contributed by atoms with E-state index in [1.165, 1.54) is 122 Å². The molecule has 0 rings (SSSR count). The summed E-state index contributed by atoms with van der Waals surface area (Å²) in [4.78, 5) is 72.9. The molecule has 2 unspecified atom stereocenters. The molecule has 0 aromatic carbocycles. The normalized spacial score (nSPS) is 14.3. The first kappa shape index (κ1) is 96.2. The van der Waals surface area contributed by atoms with E-state index in [2.05, 4.69) is 101 Å². The number of allylic oxidation sites excluding steroid dienone is 14. The van der Waals surface area contributed by atoms with E-state index in [4.69, 9.17) is 37.0 Å². The van der Waals surface area contributed by atoms with Crippen molar-refractivity contribution in [3.63, 3.8) is 0 Å². The van der Waals surface area contributed by atoms with Crippen LogP contribution < -0.4 is 0 Å². The molecule has 0 aliphatic heterocycles. The van der Waals surface area contributed by atoms with E-state index in [1.54, 1.807) is 0 Å². The summed E-state index contributed by atoms with van der Waals surface area (Å²) in [6.07, 6.45) is 75.7. The number of aliphatic hydroxyl groups is 1. The third-order valence-corrected chi connectivity index (χ3v) is 18.7. The molecule has 0 aromatic rings. The lowest BCUT2D eigenvalue weighted by molar-refractivity contribution is -0.161. The fraction of sp³-hybridized carbons (Fsp3) is 0.778. The summed E-state index contributed by atoms with van der Waals surface area (Å²) < 4.78 is 68.5. The lowest BCUT2D eigenvalue weighted by atomic mass is 10.1. The van der Waals surface area contributed by atoms with Gasteiger partial charge in [-0.2, -0.15) is 0 Å². The van der Waals surface area contributed by atoms with E-state index in [-0.39, 0.29) is 25.7 Å². The molecule has 17 nitrogen and oxygen atoms in total. The van der Waals surface area contributed by atoms with Crippen molar-refractivity contribution in [1.82, 2.24) is 0 Å². The van der Waals surface area contributed by atoms with Gasteiger partial charge in [-0.05, 0) is 141 Å². The van der Waals surface area contributed by atoms with Gasteiger partial charge in [0, 0.05) is 25.7 Å². The van der Waals surface area contributed by atoms with Gasteiger partial charge < -0.3 is 33.8 Å². The summed E-state index contributed by atoms with van der Waals surface area (Å²) >= 11 is 0. The Hall–Kier alpha value is -3.76. The van der Waals surface area contributed by atoms with Crippen LogP contribution in [0.15, 0.2) is 85.1 Å². The molecule has 0 saturated carbocycles. The van der Waals surface area contributed by atoms with Crippen LogP contribution in [0.2, 0.25) is 0 Å². The molecule has 0 heterocycles. The van der Waals surface area contributed by atoms with Crippen LogP contribution in [-0.2, 0) is 65.4 Å². The number of esters is 4. The molecule has 0 aliphatic rings. The molecule has 5 atom stereocenters. The standard InChI is InChI=1S/C81H144O17P2/c1-5-9-13-17-21-25-29-33-36-37-40-43-46-50-54-58-62-66-79(84)92-72-77(98-81(86)68-64-60-56-52-48-44-39-35-31-27-23-19-15-11-7-3)74-96-100(89,90)94-70-75(82)69-93-99(87,88)95-73-76(97-80(85)67-63-59-55-51-47-41-32-28-24-20-16-12-8-4)71-91-78(83)65-61-57-53-49-45-42-38-34-30-26-22-18-14-10-6-2/h21,25,28,32-36,38-40,43,50,54,75-77,82H,5-20,22-24,26-27,29-31,37,41-42,44-49,51-53,55-74H2,1-4H3,(H,87,88)(H,89,90)/b25-21-,32-28-,36-33-,38-34-,39-35-,43-40-,54-50-/t75-,76+,77+/m0/s1. The fourth-order valence-corrected chi connectivity index (χ4v) is 12.2. The van der Waals surface area contributed by atoms with E-state index in [0.717, 1.165) is 141 Å². The van der Waals surface area contributed by atoms with Gasteiger partial charge in [-0.25, -0.2) is 9.13 Å². The third-order valence-electron chi connectivity index (χ3n) is 16.8. The Morgan fingerprint density at radius 1 is 0.280 bits per heavy atom. The highest BCUT2D eigenvalue weighted by Gasteiger charge is 2.30. The van der Waals surface area contributed by atoms with Crippen LogP contribution in [0.5, 0.6) is 0 Å². The predicted octanol–water partition coefficient (Wildman–Crippen LogP) is 23.0. The smallest absolute Gasteiger partial charge is 0.462 e. The molecule has 0 bridgehead atoms. The lowest BCUT2D eigenvalue weighted by Crippen LogP contribution is -2.30. The molecule has 0 aromatic heterocycles. The Bertz CT molecular complexity index is 2230. The van der Waals surface area contributed by atoms with Crippen LogP contribution >= 0.6 is 15.6 Å². The Labute approximate surface area is 608 Å². The Kier molecular flexibility index (Phi) is 70.8. The molecule has 100 heavy (non-hydrogen) atoms. The van der Waals surface area contributed by atoms with E-state index in [0.29, 0.717) is 32.1 Å². The van der Waals surface area contributed by atoms with Crippen molar-refractivity contribution in [2.24, 2.45) is 0 Å². The number of phosphoric acid groups is 2. The molecule has 3 N–H and O–H groups in total. The monoisotopic (exact) mass is 1450 g/mol. The molecule has 580 valence electrons. The summed E-state index contributed by atoms with van der Waals surface area (Å²) in [5, 5.41) is 10.6. The van der Waals surface area contributed by atoms with E-state index in [1.807, 2.05) is 12.2 Å². The largest absolute Gasteiger partial charge is 0.472 e. The van der Waals surface area contributed by atoms with Crippen LogP contribution in [0.25, 0.3) is 0 Å². The summed E-state index contributed by atoms with van der Waals surface area (Å²) in [5.41, 5.74) is 0. The van der Waals surface area contributed by atoms with Crippen molar-refractivity contribution >= 4 is 39.5 Å². The van der Waals surface area contributed by atoms with Crippen LogP contribution in [0.3, 0.4) is 0 Å². The zero-order chi connectivity index (χ0) is 73.2. The van der Waals surface area contributed by atoms with E-state index >= 15 is 0 Å². The molecule has 0 aliphatic carbocycles. The van der Waals surface area contributed by atoms with Gasteiger partial charge in [0.05, 0.1) is 26.4 Å². The van der Waals surface area contributed by atoms with Crippen LogP contribution in [0.1, 0.15) is 349 Å². The Balaban J connectivity index is 5.39. The Morgan fingerprint density at radius 2 is 0.500 bits per heavy atom. The molecule has 0 radical (unpaired) electrons. The average molecular weight is 1450 g/mol. The molecule has 0 amide bonds. The fourth-order valence-electron chi connectivity index (χ4n) is 10.7. The highest BCUT2D eigenvalue weighted by atomic mass is 31.2. The molecular formula is C81H144O17P2. The highest BCUT2D eigenvalue weighted by Crippen LogP contribution is 2.45. The topological polar surface area (TPSA) is 237 Å². The molecule has 0 fully saturated rings. The quantitative estimate of drug-likeness (QED) is 0.0169. The molecular weight excluding hydrogens is 1310 g/mol. The van der Waals surface area contributed by atoms with Crippen molar-refractivity contribution in [1.29, 1.82) is 0 Å². The van der Waals surface area contributed by atoms with Crippen LogP contribution in [-0.4, -0.2) is 96.7 Å². The van der Waals surface area contributed by atoms with Gasteiger partial charge in [-0.1, -0.05) is 267 Å². The van der Waals surface area contributed by atoms with Gasteiger partial charge >= 0.3 is 39.5 Å². The maximum Gasteiger partial charge on any atom is 0.472 e. The first-order valence-corrected chi connectivity index (χ1v) is 42.8. The molecule has 19 heteroatoms. The summed E-state index contributed by atoms with van der Waals surface area (Å²) in [6.45, 7) is 4.77. The minimum atomic E-state index is -4.99. The number of ether oxygens (including phenoxy) is 4. The third kappa shape index (κ3) is 72.6.